The van der Waals surface area contributed by atoms with Crippen molar-refractivity contribution in [1.29, 1.82) is 0 Å². The first-order valence-electron chi connectivity index (χ1n) is 9.16. The van der Waals surface area contributed by atoms with E-state index >= 15 is 0 Å². The third kappa shape index (κ3) is 4.37. The molecule has 0 saturated carbocycles. The number of hydrogen-bond acceptors (Lipinski definition) is 2. The summed E-state index contributed by atoms with van der Waals surface area (Å²) in [4.78, 5) is 12.7. The summed E-state index contributed by atoms with van der Waals surface area (Å²) in [5, 5.41) is 13.7. The van der Waals surface area contributed by atoms with Gasteiger partial charge in [-0.05, 0) is 49.6 Å². The molecule has 0 aliphatic rings. The Balaban J connectivity index is 1.90. The first-order valence-corrected chi connectivity index (χ1v) is 9.16. The van der Waals surface area contributed by atoms with Gasteiger partial charge in [-0.25, -0.2) is 0 Å². The second-order valence-electron chi connectivity index (χ2n) is 7.03. The first-order chi connectivity index (χ1) is 13.0. The summed E-state index contributed by atoms with van der Waals surface area (Å²) in [5.41, 5.74) is 5.61. The second kappa shape index (κ2) is 8.09. The minimum absolute atomic E-state index is 0.0784. The lowest BCUT2D eigenvalue weighted by Gasteiger charge is -2.20. The normalized spacial score (nSPS) is 11.8. The van der Waals surface area contributed by atoms with Gasteiger partial charge in [-0.2, -0.15) is 0 Å². The molecule has 1 amide bonds. The van der Waals surface area contributed by atoms with Gasteiger partial charge in [0.05, 0.1) is 0 Å². The fourth-order valence-corrected chi connectivity index (χ4v) is 3.23. The van der Waals surface area contributed by atoms with E-state index in [4.69, 9.17) is 0 Å². The van der Waals surface area contributed by atoms with Crippen molar-refractivity contribution in [2.75, 3.05) is 5.32 Å². The van der Waals surface area contributed by atoms with Crippen LogP contribution in [0.25, 0.3) is 0 Å². The Morgan fingerprint density at radius 3 is 2.26 bits per heavy atom. The standard InChI is InChI=1S/C24H25NO2/c1-16-9-12-20(13-10-16)25-23(26)15-22(19-7-5-4-6-8-19)21-14-11-17(2)18(3)24(21)27/h4-14,22,27H,15H2,1-3H3,(H,25,26). The van der Waals surface area contributed by atoms with Gasteiger partial charge in [0, 0.05) is 23.6 Å². The number of anilines is 1. The quantitative estimate of drug-likeness (QED) is 0.634. The molecule has 0 heterocycles. The zero-order valence-corrected chi connectivity index (χ0v) is 16.0. The average Bonchev–Trinajstić information content (AvgIpc) is 2.67. The average molecular weight is 359 g/mol. The van der Waals surface area contributed by atoms with Crippen molar-refractivity contribution >= 4 is 11.6 Å². The molecule has 0 spiro atoms. The molecule has 3 nitrogen and oxygen atoms in total. The molecular formula is C24H25NO2. The summed E-state index contributed by atoms with van der Waals surface area (Å²) in [6.45, 7) is 5.89. The zero-order valence-electron chi connectivity index (χ0n) is 16.0. The predicted octanol–water partition coefficient (Wildman–Crippen LogP) is 5.48. The number of rotatable bonds is 5. The van der Waals surface area contributed by atoms with Crippen molar-refractivity contribution in [2.45, 2.75) is 33.1 Å². The smallest absolute Gasteiger partial charge is 0.225 e. The van der Waals surface area contributed by atoms with Crippen LogP contribution in [0.15, 0.2) is 66.7 Å². The number of benzene rings is 3. The van der Waals surface area contributed by atoms with Crippen molar-refractivity contribution in [3.8, 4) is 5.75 Å². The molecule has 2 N–H and O–H groups in total. The molecule has 0 radical (unpaired) electrons. The van der Waals surface area contributed by atoms with Crippen LogP contribution in [0.5, 0.6) is 5.75 Å². The summed E-state index contributed by atoms with van der Waals surface area (Å²) in [7, 11) is 0. The molecule has 0 fully saturated rings. The molecule has 0 aliphatic carbocycles. The van der Waals surface area contributed by atoms with Gasteiger partial charge in [-0.1, -0.05) is 60.2 Å². The Kier molecular flexibility index (Phi) is 5.60. The Morgan fingerprint density at radius 1 is 0.926 bits per heavy atom. The largest absolute Gasteiger partial charge is 0.507 e. The van der Waals surface area contributed by atoms with Crippen molar-refractivity contribution in [3.05, 3.63) is 94.5 Å². The number of carbonyl (C=O) groups is 1. The third-order valence-electron chi connectivity index (χ3n) is 5.04. The van der Waals surface area contributed by atoms with E-state index in [2.05, 4.69) is 5.32 Å². The summed E-state index contributed by atoms with van der Waals surface area (Å²) in [5.74, 6) is -0.0201. The maximum absolute atomic E-state index is 12.7. The fourth-order valence-electron chi connectivity index (χ4n) is 3.23. The summed E-state index contributed by atoms with van der Waals surface area (Å²) < 4.78 is 0. The molecule has 0 aromatic heterocycles. The van der Waals surface area contributed by atoms with Gasteiger partial charge in [-0.15, -0.1) is 0 Å². The molecule has 0 bridgehead atoms. The van der Waals surface area contributed by atoms with Crippen LogP contribution in [-0.4, -0.2) is 11.0 Å². The van der Waals surface area contributed by atoms with Gasteiger partial charge >= 0.3 is 0 Å². The first kappa shape index (κ1) is 18.7. The zero-order chi connectivity index (χ0) is 19.4. The Hall–Kier alpha value is -3.07. The van der Waals surface area contributed by atoms with Crippen LogP contribution in [0.4, 0.5) is 5.69 Å². The topological polar surface area (TPSA) is 49.3 Å². The molecule has 1 unspecified atom stereocenters. The van der Waals surface area contributed by atoms with Gasteiger partial charge in [0.1, 0.15) is 5.75 Å². The van der Waals surface area contributed by atoms with Crippen LogP contribution in [0.2, 0.25) is 0 Å². The van der Waals surface area contributed by atoms with Crippen LogP contribution >= 0.6 is 0 Å². The number of aromatic hydroxyl groups is 1. The van der Waals surface area contributed by atoms with E-state index in [0.717, 1.165) is 33.5 Å². The SMILES string of the molecule is Cc1ccc(NC(=O)CC(c2ccccc2)c2ccc(C)c(C)c2O)cc1. The number of hydrogen-bond donors (Lipinski definition) is 2. The highest BCUT2D eigenvalue weighted by Crippen LogP contribution is 2.37. The molecule has 3 aromatic carbocycles. The molecule has 0 aliphatic heterocycles. The molecule has 138 valence electrons. The van der Waals surface area contributed by atoms with Crippen molar-refractivity contribution in [3.63, 3.8) is 0 Å². The molecule has 3 rings (SSSR count). The summed E-state index contributed by atoms with van der Waals surface area (Å²) in [6, 6.07) is 21.5. The van der Waals surface area contributed by atoms with E-state index in [0.29, 0.717) is 0 Å². The molecule has 27 heavy (non-hydrogen) atoms. The van der Waals surface area contributed by atoms with Crippen molar-refractivity contribution < 1.29 is 9.90 Å². The molecule has 3 aromatic rings. The van der Waals surface area contributed by atoms with E-state index in [9.17, 15) is 9.90 Å². The van der Waals surface area contributed by atoms with Gasteiger partial charge in [0.2, 0.25) is 5.91 Å². The Morgan fingerprint density at radius 2 is 1.59 bits per heavy atom. The Bertz CT molecular complexity index is 931. The highest BCUT2D eigenvalue weighted by molar-refractivity contribution is 5.91. The summed E-state index contributed by atoms with van der Waals surface area (Å²) in [6.07, 6.45) is 0.258. The number of aryl methyl sites for hydroxylation is 2. The summed E-state index contributed by atoms with van der Waals surface area (Å²) >= 11 is 0. The van der Waals surface area contributed by atoms with Crippen LogP contribution in [0.3, 0.4) is 0 Å². The van der Waals surface area contributed by atoms with Gasteiger partial charge in [0.25, 0.3) is 0 Å². The van der Waals surface area contributed by atoms with E-state index in [1.807, 2.05) is 87.5 Å². The van der Waals surface area contributed by atoms with Crippen molar-refractivity contribution in [1.82, 2.24) is 0 Å². The van der Waals surface area contributed by atoms with E-state index in [-0.39, 0.29) is 24.0 Å². The minimum atomic E-state index is -0.212. The van der Waals surface area contributed by atoms with E-state index in [1.165, 1.54) is 0 Å². The van der Waals surface area contributed by atoms with Gasteiger partial charge in [0.15, 0.2) is 0 Å². The third-order valence-corrected chi connectivity index (χ3v) is 5.04. The van der Waals surface area contributed by atoms with Gasteiger partial charge < -0.3 is 10.4 Å². The second-order valence-corrected chi connectivity index (χ2v) is 7.03. The number of carbonyl (C=O) groups excluding carboxylic acids is 1. The Labute approximate surface area is 160 Å². The van der Waals surface area contributed by atoms with Crippen LogP contribution in [0.1, 0.15) is 40.2 Å². The number of phenolic OH excluding ortho intramolecular Hbond substituents is 1. The number of amides is 1. The predicted molar refractivity (Wildman–Crippen MR) is 110 cm³/mol. The number of phenols is 1. The maximum Gasteiger partial charge on any atom is 0.225 e. The fraction of sp³-hybridized carbons (Fsp3) is 0.208. The number of nitrogens with one attached hydrogen (secondary N) is 1. The molecular weight excluding hydrogens is 334 g/mol. The van der Waals surface area contributed by atoms with Crippen molar-refractivity contribution in [2.24, 2.45) is 0 Å². The lowest BCUT2D eigenvalue weighted by atomic mass is 9.86. The lowest BCUT2D eigenvalue weighted by Crippen LogP contribution is -2.16. The van der Waals surface area contributed by atoms with E-state index < -0.39 is 0 Å². The molecule has 0 saturated heterocycles. The molecule has 1 atom stereocenters. The highest BCUT2D eigenvalue weighted by Gasteiger charge is 2.22. The van der Waals surface area contributed by atoms with Crippen LogP contribution < -0.4 is 5.32 Å². The molecule has 3 heteroatoms. The highest BCUT2D eigenvalue weighted by atomic mass is 16.3. The lowest BCUT2D eigenvalue weighted by molar-refractivity contribution is -0.116. The van der Waals surface area contributed by atoms with Gasteiger partial charge in [-0.3, -0.25) is 4.79 Å². The van der Waals surface area contributed by atoms with Crippen LogP contribution in [0, 0.1) is 20.8 Å². The monoisotopic (exact) mass is 359 g/mol. The minimum Gasteiger partial charge on any atom is -0.507 e. The maximum atomic E-state index is 12.7. The van der Waals surface area contributed by atoms with E-state index in [1.54, 1.807) is 0 Å². The van der Waals surface area contributed by atoms with Crippen LogP contribution in [-0.2, 0) is 4.79 Å².